The predicted octanol–water partition coefficient (Wildman–Crippen LogP) is 2.98. The molecule has 1 atom stereocenters. The molecule has 0 bridgehead atoms. The van der Waals surface area contributed by atoms with E-state index in [1.807, 2.05) is 32.0 Å². The Hall–Kier alpha value is -2.66. The van der Waals surface area contributed by atoms with Crippen LogP contribution in [-0.2, 0) is 10.4 Å². The fourth-order valence-corrected chi connectivity index (χ4v) is 2.61. The summed E-state index contributed by atoms with van der Waals surface area (Å²) in [5.74, 6) is -0.432. The highest BCUT2D eigenvalue weighted by Gasteiger charge is 2.26. The summed E-state index contributed by atoms with van der Waals surface area (Å²) < 4.78 is 0. The number of anilines is 1. The molecule has 2 aromatic carbocycles. The summed E-state index contributed by atoms with van der Waals surface area (Å²) in [6.07, 6.45) is -0.0610. The fourth-order valence-electron chi connectivity index (χ4n) is 2.61. The van der Waals surface area contributed by atoms with Gasteiger partial charge >= 0.3 is 0 Å². The van der Waals surface area contributed by atoms with Crippen LogP contribution >= 0.6 is 0 Å². The van der Waals surface area contributed by atoms with Crippen LogP contribution < -0.4 is 10.6 Å². The van der Waals surface area contributed by atoms with E-state index >= 15 is 0 Å². The first kappa shape index (κ1) is 18.7. The van der Waals surface area contributed by atoms with Crippen LogP contribution in [0.25, 0.3) is 0 Å². The number of rotatable bonds is 6. The van der Waals surface area contributed by atoms with Crippen molar-refractivity contribution in [2.45, 2.75) is 32.8 Å². The first-order valence-corrected chi connectivity index (χ1v) is 8.30. The first-order valence-electron chi connectivity index (χ1n) is 8.30. The van der Waals surface area contributed by atoms with Crippen LogP contribution in [0.5, 0.6) is 0 Å². The molecule has 0 saturated heterocycles. The standard InChI is InChI=1S/C20H24N2O3/c1-4-21-19(24)15-10-11-17(14(2)12-15)22-18(23)13-20(3,25)16-8-6-5-7-9-16/h5-12,25H,4,13H2,1-3H3,(H,21,24)(H,22,23). The quantitative estimate of drug-likeness (QED) is 0.756. The van der Waals surface area contributed by atoms with Crippen LogP contribution in [0, 0.1) is 6.92 Å². The van der Waals surface area contributed by atoms with E-state index in [1.165, 1.54) is 0 Å². The Morgan fingerprint density at radius 3 is 2.40 bits per heavy atom. The fraction of sp³-hybridized carbons (Fsp3) is 0.300. The summed E-state index contributed by atoms with van der Waals surface area (Å²) in [7, 11) is 0. The second-order valence-corrected chi connectivity index (χ2v) is 6.25. The van der Waals surface area contributed by atoms with Crippen LogP contribution in [0.4, 0.5) is 5.69 Å². The minimum Gasteiger partial charge on any atom is -0.385 e. The summed E-state index contributed by atoms with van der Waals surface area (Å²) in [5, 5.41) is 16.1. The van der Waals surface area contributed by atoms with Gasteiger partial charge in [-0.1, -0.05) is 30.3 Å². The van der Waals surface area contributed by atoms with Crippen LogP contribution in [0.3, 0.4) is 0 Å². The third kappa shape index (κ3) is 4.90. The Labute approximate surface area is 148 Å². The van der Waals surface area contributed by atoms with Crippen molar-refractivity contribution in [2.75, 3.05) is 11.9 Å². The Kier molecular flexibility index (Phi) is 5.93. The van der Waals surface area contributed by atoms with Crippen molar-refractivity contribution in [1.29, 1.82) is 0 Å². The first-order chi connectivity index (χ1) is 11.8. The molecular formula is C20H24N2O3. The minimum atomic E-state index is -1.25. The molecule has 25 heavy (non-hydrogen) atoms. The van der Waals surface area contributed by atoms with Gasteiger partial charge in [-0.2, -0.15) is 0 Å². The van der Waals surface area contributed by atoms with Crippen molar-refractivity contribution in [3.8, 4) is 0 Å². The summed E-state index contributed by atoms with van der Waals surface area (Å²) in [5.41, 5.74) is 1.40. The lowest BCUT2D eigenvalue weighted by molar-refractivity contribution is -0.120. The number of hydrogen-bond donors (Lipinski definition) is 3. The van der Waals surface area contributed by atoms with Crippen molar-refractivity contribution in [3.05, 3.63) is 65.2 Å². The molecule has 0 radical (unpaired) electrons. The van der Waals surface area contributed by atoms with Crippen LogP contribution in [0.1, 0.15) is 41.8 Å². The molecule has 0 aliphatic heterocycles. The zero-order valence-electron chi connectivity index (χ0n) is 14.8. The number of hydrogen-bond acceptors (Lipinski definition) is 3. The summed E-state index contributed by atoms with van der Waals surface area (Å²) in [6, 6.07) is 14.2. The van der Waals surface area contributed by atoms with Crippen molar-refractivity contribution in [2.24, 2.45) is 0 Å². The van der Waals surface area contributed by atoms with E-state index < -0.39 is 5.60 Å². The number of amides is 2. The maximum Gasteiger partial charge on any atom is 0.251 e. The van der Waals surface area contributed by atoms with Gasteiger partial charge in [-0.25, -0.2) is 0 Å². The number of nitrogens with one attached hydrogen (secondary N) is 2. The highest BCUT2D eigenvalue weighted by Crippen LogP contribution is 2.25. The maximum absolute atomic E-state index is 12.3. The van der Waals surface area contributed by atoms with Crippen molar-refractivity contribution in [1.82, 2.24) is 5.32 Å². The maximum atomic E-state index is 12.3. The molecule has 0 spiro atoms. The molecule has 0 aromatic heterocycles. The van der Waals surface area contributed by atoms with Gasteiger partial charge in [-0.15, -0.1) is 0 Å². The van der Waals surface area contributed by atoms with E-state index in [9.17, 15) is 14.7 Å². The molecule has 0 heterocycles. The zero-order chi connectivity index (χ0) is 18.4. The summed E-state index contributed by atoms with van der Waals surface area (Å²) in [6.45, 7) is 5.86. The Bertz CT molecular complexity index is 755. The third-order valence-corrected chi connectivity index (χ3v) is 4.00. The number of benzene rings is 2. The molecule has 132 valence electrons. The van der Waals surface area contributed by atoms with Crippen molar-refractivity contribution >= 4 is 17.5 Å². The number of carbonyl (C=O) groups excluding carboxylic acids is 2. The predicted molar refractivity (Wildman–Crippen MR) is 98.4 cm³/mol. The molecule has 2 rings (SSSR count). The van der Waals surface area contributed by atoms with Crippen LogP contribution in [-0.4, -0.2) is 23.5 Å². The lowest BCUT2D eigenvalue weighted by Gasteiger charge is -2.23. The van der Waals surface area contributed by atoms with Gasteiger partial charge in [0.25, 0.3) is 5.91 Å². The van der Waals surface area contributed by atoms with E-state index in [2.05, 4.69) is 10.6 Å². The molecule has 3 N–H and O–H groups in total. The normalized spacial score (nSPS) is 13.0. The molecule has 0 saturated carbocycles. The summed E-state index contributed by atoms with van der Waals surface area (Å²) in [4.78, 5) is 24.2. The monoisotopic (exact) mass is 340 g/mol. The van der Waals surface area contributed by atoms with Gasteiger partial charge in [-0.05, 0) is 50.1 Å². The molecular weight excluding hydrogens is 316 g/mol. The highest BCUT2D eigenvalue weighted by atomic mass is 16.3. The Balaban J connectivity index is 2.07. The molecule has 2 aromatic rings. The largest absolute Gasteiger partial charge is 0.385 e. The third-order valence-electron chi connectivity index (χ3n) is 4.00. The lowest BCUT2D eigenvalue weighted by Crippen LogP contribution is -2.28. The average molecular weight is 340 g/mol. The summed E-state index contributed by atoms with van der Waals surface area (Å²) >= 11 is 0. The van der Waals surface area contributed by atoms with Crippen LogP contribution in [0.2, 0.25) is 0 Å². The molecule has 5 nitrogen and oxygen atoms in total. The van der Waals surface area contributed by atoms with Crippen LogP contribution in [0.15, 0.2) is 48.5 Å². The smallest absolute Gasteiger partial charge is 0.251 e. The molecule has 5 heteroatoms. The van der Waals surface area contributed by atoms with E-state index in [-0.39, 0.29) is 18.2 Å². The van der Waals surface area contributed by atoms with Crippen molar-refractivity contribution in [3.63, 3.8) is 0 Å². The molecule has 0 aliphatic rings. The average Bonchev–Trinajstić information content (AvgIpc) is 2.57. The van der Waals surface area contributed by atoms with Gasteiger partial charge in [0, 0.05) is 17.8 Å². The Morgan fingerprint density at radius 2 is 1.80 bits per heavy atom. The number of carbonyl (C=O) groups is 2. The van der Waals surface area contributed by atoms with E-state index in [0.29, 0.717) is 23.4 Å². The number of aliphatic hydroxyl groups is 1. The Morgan fingerprint density at radius 1 is 1.12 bits per heavy atom. The molecule has 0 aliphatic carbocycles. The van der Waals surface area contributed by atoms with Gasteiger partial charge in [0.15, 0.2) is 0 Å². The zero-order valence-corrected chi connectivity index (χ0v) is 14.8. The lowest BCUT2D eigenvalue weighted by atomic mass is 9.92. The highest BCUT2D eigenvalue weighted by molar-refractivity contribution is 5.96. The van der Waals surface area contributed by atoms with E-state index in [0.717, 1.165) is 5.56 Å². The van der Waals surface area contributed by atoms with E-state index in [4.69, 9.17) is 0 Å². The topological polar surface area (TPSA) is 78.4 Å². The van der Waals surface area contributed by atoms with Gasteiger partial charge in [0.2, 0.25) is 5.91 Å². The minimum absolute atomic E-state index is 0.0610. The van der Waals surface area contributed by atoms with Crippen molar-refractivity contribution < 1.29 is 14.7 Å². The van der Waals surface area contributed by atoms with Gasteiger partial charge in [0.05, 0.1) is 12.0 Å². The second-order valence-electron chi connectivity index (χ2n) is 6.25. The van der Waals surface area contributed by atoms with Gasteiger partial charge in [0.1, 0.15) is 0 Å². The van der Waals surface area contributed by atoms with Gasteiger partial charge in [-0.3, -0.25) is 9.59 Å². The number of aryl methyl sites for hydroxylation is 1. The van der Waals surface area contributed by atoms with Gasteiger partial charge < -0.3 is 15.7 Å². The SMILES string of the molecule is CCNC(=O)c1ccc(NC(=O)CC(C)(O)c2ccccc2)c(C)c1. The molecule has 2 amide bonds. The molecule has 1 unspecified atom stereocenters. The molecule has 0 fully saturated rings. The van der Waals surface area contributed by atoms with E-state index in [1.54, 1.807) is 37.3 Å². The second kappa shape index (κ2) is 7.94.